The second-order valence-corrected chi connectivity index (χ2v) is 5.35. The average Bonchev–Trinajstić information content (AvgIpc) is 2.97. The minimum atomic E-state index is -0.287. The van der Waals surface area contributed by atoms with Crippen LogP contribution in [0.15, 0.2) is 24.8 Å². The van der Waals surface area contributed by atoms with Gasteiger partial charge in [0.1, 0.15) is 11.5 Å². The molecule has 1 heterocycles. The molecule has 1 aromatic heterocycles. The molecule has 0 amide bonds. The molecular formula is C17H16N4O2. The Labute approximate surface area is 133 Å². The lowest BCUT2D eigenvalue weighted by atomic mass is 9.95. The summed E-state index contributed by atoms with van der Waals surface area (Å²) >= 11 is 0. The second kappa shape index (κ2) is 5.24. The van der Waals surface area contributed by atoms with E-state index >= 15 is 0 Å². The number of nitrogens with zero attached hydrogens (tertiary/aromatic N) is 2. The Morgan fingerprint density at radius 1 is 1.26 bits per heavy atom. The lowest BCUT2D eigenvalue weighted by molar-refractivity contribution is 0.101. The van der Waals surface area contributed by atoms with Crippen molar-refractivity contribution in [3.05, 3.63) is 47.2 Å². The highest BCUT2D eigenvalue weighted by atomic mass is 16.3. The maximum absolute atomic E-state index is 11.5. The Kier molecular flexibility index (Phi) is 3.37. The van der Waals surface area contributed by atoms with E-state index in [0.29, 0.717) is 17.7 Å². The van der Waals surface area contributed by atoms with Crippen LogP contribution >= 0.6 is 0 Å². The number of fused-ring (bicyclic) bond motifs is 1. The lowest BCUT2D eigenvalue weighted by Crippen LogP contribution is -2.10. The average molecular weight is 308 g/mol. The number of rotatable bonds is 3. The first-order valence-corrected chi connectivity index (χ1v) is 7.05. The maximum atomic E-state index is 11.5. The van der Waals surface area contributed by atoms with Gasteiger partial charge < -0.3 is 16.6 Å². The first-order valence-electron chi connectivity index (χ1n) is 7.05. The number of nitrogens with two attached hydrogens (primary N) is 2. The number of benzene rings is 1. The van der Waals surface area contributed by atoms with Gasteiger partial charge in [-0.25, -0.2) is 9.97 Å². The molecule has 1 aromatic carbocycles. The number of carbonyl (C=O) groups is 1. The van der Waals surface area contributed by atoms with Gasteiger partial charge in [-0.3, -0.25) is 4.79 Å². The van der Waals surface area contributed by atoms with Crippen LogP contribution in [0, 0.1) is 0 Å². The summed E-state index contributed by atoms with van der Waals surface area (Å²) in [6.07, 6.45) is 4.61. The van der Waals surface area contributed by atoms with Crippen molar-refractivity contribution in [1.82, 2.24) is 9.97 Å². The van der Waals surface area contributed by atoms with Crippen molar-refractivity contribution < 1.29 is 9.90 Å². The Balaban J connectivity index is 2.23. The fourth-order valence-electron chi connectivity index (χ4n) is 2.77. The van der Waals surface area contributed by atoms with Crippen LogP contribution < -0.4 is 11.5 Å². The lowest BCUT2D eigenvalue weighted by Gasteiger charge is -2.14. The summed E-state index contributed by atoms with van der Waals surface area (Å²) in [5, 5.41) is 9.71. The molecule has 0 atom stereocenters. The Morgan fingerprint density at radius 2 is 2.00 bits per heavy atom. The number of nitrogen functional groups attached to an aromatic ring is 2. The molecule has 1 aliphatic carbocycles. The second-order valence-electron chi connectivity index (χ2n) is 5.35. The Morgan fingerprint density at radius 3 is 2.65 bits per heavy atom. The normalized spacial score (nSPS) is 12.2. The molecule has 116 valence electrons. The van der Waals surface area contributed by atoms with Crippen molar-refractivity contribution >= 4 is 29.3 Å². The van der Waals surface area contributed by atoms with Crippen LogP contribution in [0.1, 0.15) is 34.1 Å². The number of carbonyl (C=O) groups excluding carboxylic acids is 1. The fourth-order valence-corrected chi connectivity index (χ4v) is 2.77. The predicted octanol–water partition coefficient (Wildman–Crippen LogP) is 2.61. The number of aliphatic hydroxyl groups excluding tert-OH is 1. The quantitative estimate of drug-likeness (QED) is 0.593. The molecule has 23 heavy (non-hydrogen) atoms. The molecule has 0 saturated heterocycles. The molecular weight excluding hydrogens is 292 g/mol. The van der Waals surface area contributed by atoms with Gasteiger partial charge in [0, 0.05) is 18.1 Å². The fraction of sp³-hybridized carbons (Fsp3) is 0.118. The number of allylic oxidation sites excluding steroid dienone is 1. The molecule has 0 bridgehead atoms. The molecule has 0 unspecified atom stereocenters. The van der Waals surface area contributed by atoms with Gasteiger partial charge in [-0.15, -0.1) is 0 Å². The van der Waals surface area contributed by atoms with Gasteiger partial charge in [0.25, 0.3) is 0 Å². The molecule has 0 saturated carbocycles. The molecule has 5 N–H and O–H groups in total. The molecule has 0 radical (unpaired) electrons. The van der Waals surface area contributed by atoms with E-state index in [1.807, 2.05) is 12.2 Å². The van der Waals surface area contributed by atoms with E-state index < -0.39 is 0 Å². The summed E-state index contributed by atoms with van der Waals surface area (Å²) in [5.41, 5.74) is 15.6. The molecule has 0 spiro atoms. The van der Waals surface area contributed by atoms with Crippen LogP contribution in [0.25, 0.3) is 23.1 Å². The molecule has 1 aliphatic rings. The van der Waals surface area contributed by atoms with E-state index in [4.69, 9.17) is 11.5 Å². The number of ketones is 1. The van der Waals surface area contributed by atoms with Crippen molar-refractivity contribution in [2.45, 2.75) is 13.3 Å². The van der Waals surface area contributed by atoms with Crippen LogP contribution in [0.5, 0.6) is 0 Å². The van der Waals surface area contributed by atoms with E-state index in [1.165, 1.54) is 6.92 Å². The van der Waals surface area contributed by atoms with Crippen molar-refractivity contribution in [3.8, 4) is 11.3 Å². The van der Waals surface area contributed by atoms with Gasteiger partial charge in [-0.05, 0) is 17.5 Å². The van der Waals surface area contributed by atoms with E-state index in [-0.39, 0.29) is 28.9 Å². The minimum Gasteiger partial charge on any atom is -0.508 e. The molecule has 6 nitrogen and oxygen atoms in total. The summed E-state index contributed by atoms with van der Waals surface area (Å²) in [4.78, 5) is 19.8. The standard InChI is InChI=1S/C17H16N4O2/c1-8(22)10-6-7-13(12-5-3-4-11(10)12)15-17(19)20-14(9(2)23)16(18)21-15/h3,5-7,22H,1,4H2,2H3,(H2,18,21)(H2,19,20). The number of hydrogen-bond donors (Lipinski definition) is 3. The molecule has 2 aromatic rings. The number of hydrogen-bond acceptors (Lipinski definition) is 6. The first kappa shape index (κ1) is 14.8. The van der Waals surface area contributed by atoms with E-state index in [2.05, 4.69) is 16.5 Å². The van der Waals surface area contributed by atoms with Crippen LogP contribution in [0.3, 0.4) is 0 Å². The summed E-state index contributed by atoms with van der Waals surface area (Å²) in [5.74, 6) is -0.0807. The summed E-state index contributed by atoms with van der Waals surface area (Å²) in [6.45, 7) is 4.95. The van der Waals surface area contributed by atoms with Gasteiger partial charge in [-0.2, -0.15) is 0 Å². The smallest absolute Gasteiger partial charge is 0.181 e. The third-order valence-electron chi connectivity index (χ3n) is 3.81. The summed E-state index contributed by atoms with van der Waals surface area (Å²) in [6, 6.07) is 3.55. The zero-order chi connectivity index (χ0) is 16.7. The number of Topliss-reactive ketones (excluding diaryl/α,β-unsaturated/α-hetero) is 1. The van der Waals surface area contributed by atoms with E-state index in [9.17, 15) is 9.90 Å². The molecule has 6 heteroatoms. The third-order valence-corrected chi connectivity index (χ3v) is 3.81. The Bertz CT molecular complexity index is 885. The summed E-state index contributed by atoms with van der Waals surface area (Å²) < 4.78 is 0. The monoisotopic (exact) mass is 308 g/mol. The van der Waals surface area contributed by atoms with Gasteiger partial charge in [0.15, 0.2) is 23.1 Å². The predicted molar refractivity (Wildman–Crippen MR) is 90.7 cm³/mol. The van der Waals surface area contributed by atoms with Crippen LogP contribution in [-0.2, 0) is 6.42 Å². The molecule has 0 aliphatic heterocycles. The van der Waals surface area contributed by atoms with Crippen LogP contribution in [0.4, 0.5) is 11.6 Å². The van der Waals surface area contributed by atoms with Crippen LogP contribution in [-0.4, -0.2) is 20.9 Å². The van der Waals surface area contributed by atoms with Crippen molar-refractivity contribution in [3.63, 3.8) is 0 Å². The zero-order valence-corrected chi connectivity index (χ0v) is 12.6. The van der Waals surface area contributed by atoms with Crippen LogP contribution in [0.2, 0.25) is 0 Å². The largest absolute Gasteiger partial charge is 0.508 e. The maximum Gasteiger partial charge on any atom is 0.181 e. The van der Waals surface area contributed by atoms with E-state index in [0.717, 1.165) is 16.7 Å². The van der Waals surface area contributed by atoms with Crippen molar-refractivity contribution in [1.29, 1.82) is 0 Å². The van der Waals surface area contributed by atoms with E-state index in [1.54, 1.807) is 12.1 Å². The molecule has 3 rings (SSSR count). The van der Waals surface area contributed by atoms with Crippen molar-refractivity contribution in [2.75, 3.05) is 11.5 Å². The highest BCUT2D eigenvalue weighted by Crippen LogP contribution is 2.36. The number of aliphatic hydroxyl groups is 1. The van der Waals surface area contributed by atoms with Gasteiger partial charge in [-0.1, -0.05) is 30.9 Å². The highest BCUT2D eigenvalue weighted by Gasteiger charge is 2.21. The Hall–Kier alpha value is -3.15. The number of anilines is 2. The van der Waals surface area contributed by atoms with Gasteiger partial charge in [0.05, 0.1) is 0 Å². The van der Waals surface area contributed by atoms with Gasteiger partial charge >= 0.3 is 0 Å². The molecule has 0 fully saturated rings. The first-order chi connectivity index (χ1) is 10.9. The third kappa shape index (κ3) is 2.34. The minimum absolute atomic E-state index is 0.0157. The SMILES string of the molecule is C=C(O)c1ccc(-c2nc(N)c(C(C)=O)nc2N)c2c1CC=C2. The van der Waals surface area contributed by atoms with Crippen molar-refractivity contribution in [2.24, 2.45) is 0 Å². The summed E-state index contributed by atoms with van der Waals surface area (Å²) in [7, 11) is 0. The number of aromatic nitrogens is 2. The zero-order valence-electron chi connectivity index (χ0n) is 12.6. The van der Waals surface area contributed by atoms with Gasteiger partial charge in [0.2, 0.25) is 0 Å². The highest BCUT2D eigenvalue weighted by molar-refractivity contribution is 5.97. The topological polar surface area (TPSA) is 115 Å².